The van der Waals surface area contributed by atoms with E-state index in [2.05, 4.69) is 28.2 Å². The summed E-state index contributed by atoms with van der Waals surface area (Å²) >= 11 is 3.32. The molecule has 0 fully saturated rings. The lowest BCUT2D eigenvalue weighted by Crippen LogP contribution is -2.38. The van der Waals surface area contributed by atoms with Crippen LogP contribution in [0, 0.1) is 0 Å². The Labute approximate surface area is 141 Å². The number of benzene rings is 1. The first-order valence-corrected chi connectivity index (χ1v) is 10.1. The van der Waals surface area contributed by atoms with Gasteiger partial charge in [0.05, 0.1) is 5.75 Å². The first kappa shape index (κ1) is 19.2. The van der Waals surface area contributed by atoms with Gasteiger partial charge in [-0.2, -0.15) is 0 Å². The second-order valence-electron chi connectivity index (χ2n) is 5.43. The highest BCUT2D eigenvalue weighted by molar-refractivity contribution is 9.10. The van der Waals surface area contributed by atoms with E-state index in [1.807, 2.05) is 6.07 Å². The summed E-state index contributed by atoms with van der Waals surface area (Å²) in [5.74, 6) is -0.539. The van der Waals surface area contributed by atoms with E-state index in [1.54, 1.807) is 18.2 Å². The van der Waals surface area contributed by atoms with Crippen molar-refractivity contribution in [2.45, 2.75) is 50.5 Å². The molecule has 1 N–H and O–H groups in total. The highest BCUT2D eigenvalue weighted by Crippen LogP contribution is 2.16. The molecule has 1 rings (SSSR count). The molecule has 124 valence electrons. The van der Waals surface area contributed by atoms with Crippen molar-refractivity contribution in [3.63, 3.8) is 0 Å². The zero-order valence-electron chi connectivity index (χ0n) is 13.1. The molecule has 0 saturated heterocycles. The predicted molar refractivity (Wildman–Crippen MR) is 93.4 cm³/mol. The molecular weight excluding hydrogens is 366 g/mol. The number of sulfone groups is 1. The zero-order chi connectivity index (χ0) is 16.6. The smallest absolute Gasteiger partial charge is 0.238 e. The molecule has 1 aromatic rings. The highest BCUT2D eigenvalue weighted by atomic mass is 79.9. The molecule has 22 heavy (non-hydrogen) atoms. The molecule has 1 amide bonds. The fraction of sp³-hybridized carbons (Fsp3) is 0.562. The summed E-state index contributed by atoms with van der Waals surface area (Å²) in [7, 11) is -3.51. The molecule has 6 heteroatoms. The van der Waals surface area contributed by atoms with Crippen LogP contribution in [0.3, 0.4) is 0 Å². The minimum atomic E-state index is -3.51. The number of hydrogen-bond donors (Lipinski definition) is 1. The standard InChI is InChI=1S/C16H24BrNO3S/c1-3-4-5-6-10-18-16(19)13(2)22(20,21)12-14-8-7-9-15(17)11-14/h7-9,11,13H,3-6,10,12H2,1-2H3,(H,18,19)/t13-/m0/s1. The number of hydrogen-bond acceptors (Lipinski definition) is 3. The van der Waals surface area contributed by atoms with Gasteiger partial charge in [-0.15, -0.1) is 0 Å². The van der Waals surface area contributed by atoms with Crippen molar-refractivity contribution >= 4 is 31.7 Å². The molecule has 0 heterocycles. The Hall–Kier alpha value is -0.880. The van der Waals surface area contributed by atoms with E-state index in [0.717, 1.165) is 30.2 Å². The van der Waals surface area contributed by atoms with Crippen molar-refractivity contribution in [2.24, 2.45) is 0 Å². The lowest BCUT2D eigenvalue weighted by molar-refractivity contribution is -0.120. The predicted octanol–water partition coefficient (Wildman–Crippen LogP) is 3.45. The Kier molecular flexibility index (Phi) is 8.10. The van der Waals surface area contributed by atoms with E-state index in [-0.39, 0.29) is 5.75 Å². The monoisotopic (exact) mass is 389 g/mol. The Morgan fingerprint density at radius 1 is 1.27 bits per heavy atom. The molecule has 0 aromatic heterocycles. The summed E-state index contributed by atoms with van der Waals surface area (Å²) in [5.41, 5.74) is 0.678. The van der Waals surface area contributed by atoms with Gasteiger partial charge in [-0.3, -0.25) is 4.79 Å². The first-order valence-electron chi connectivity index (χ1n) is 7.60. The van der Waals surface area contributed by atoms with Crippen molar-refractivity contribution in [1.82, 2.24) is 5.32 Å². The molecular formula is C16H24BrNO3S. The molecule has 0 spiro atoms. The molecule has 0 aliphatic carbocycles. The van der Waals surface area contributed by atoms with Crippen LogP contribution in [0.25, 0.3) is 0 Å². The largest absolute Gasteiger partial charge is 0.355 e. The maximum absolute atomic E-state index is 12.3. The van der Waals surface area contributed by atoms with Gasteiger partial charge in [-0.1, -0.05) is 54.2 Å². The Bertz CT molecular complexity index is 587. The SMILES string of the molecule is CCCCCCNC(=O)[C@H](C)S(=O)(=O)Cc1cccc(Br)c1. The summed E-state index contributed by atoms with van der Waals surface area (Å²) in [6.07, 6.45) is 4.20. The summed E-state index contributed by atoms with van der Waals surface area (Å²) in [6.45, 7) is 4.11. The van der Waals surface area contributed by atoms with E-state index < -0.39 is 21.0 Å². The van der Waals surface area contributed by atoms with Crippen molar-refractivity contribution < 1.29 is 13.2 Å². The second-order valence-corrected chi connectivity index (χ2v) is 8.67. The van der Waals surface area contributed by atoms with E-state index >= 15 is 0 Å². The molecule has 0 bridgehead atoms. The zero-order valence-corrected chi connectivity index (χ0v) is 15.5. The lowest BCUT2D eigenvalue weighted by atomic mass is 10.2. The van der Waals surface area contributed by atoms with Gasteiger partial charge in [0, 0.05) is 11.0 Å². The van der Waals surface area contributed by atoms with Crippen molar-refractivity contribution in [1.29, 1.82) is 0 Å². The number of carbonyl (C=O) groups is 1. The van der Waals surface area contributed by atoms with Gasteiger partial charge in [0.25, 0.3) is 0 Å². The van der Waals surface area contributed by atoms with E-state index in [0.29, 0.717) is 12.1 Å². The average molecular weight is 390 g/mol. The minimum Gasteiger partial charge on any atom is -0.355 e. The van der Waals surface area contributed by atoms with Gasteiger partial charge in [0.2, 0.25) is 5.91 Å². The van der Waals surface area contributed by atoms with Crippen LogP contribution in [0.2, 0.25) is 0 Å². The summed E-state index contributed by atoms with van der Waals surface area (Å²) in [6, 6.07) is 7.13. The van der Waals surface area contributed by atoms with E-state index in [1.165, 1.54) is 6.92 Å². The number of rotatable bonds is 9. The van der Waals surface area contributed by atoms with Crippen LogP contribution in [0.15, 0.2) is 28.7 Å². The number of amides is 1. The summed E-state index contributed by atoms with van der Waals surface area (Å²) < 4.78 is 25.5. The van der Waals surface area contributed by atoms with Gasteiger partial charge in [0.15, 0.2) is 9.84 Å². The van der Waals surface area contributed by atoms with Crippen LogP contribution < -0.4 is 5.32 Å². The Balaban J connectivity index is 2.54. The van der Waals surface area contributed by atoms with Gasteiger partial charge < -0.3 is 5.32 Å². The first-order chi connectivity index (χ1) is 10.4. The van der Waals surface area contributed by atoms with Crippen LogP contribution in [0.5, 0.6) is 0 Å². The molecule has 0 radical (unpaired) electrons. The van der Waals surface area contributed by atoms with Crippen LogP contribution >= 0.6 is 15.9 Å². The summed E-state index contributed by atoms with van der Waals surface area (Å²) in [4.78, 5) is 12.0. The van der Waals surface area contributed by atoms with Gasteiger partial charge in [-0.25, -0.2) is 8.42 Å². The minimum absolute atomic E-state index is 0.128. The number of nitrogens with one attached hydrogen (secondary N) is 1. The molecule has 0 saturated carbocycles. The maximum Gasteiger partial charge on any atom is 0.238 e. The third-order valence-corrected chi connectivity index (χ3v) is 6.01. The van der Waals surface area contributed by atoms with Gasteiger partial charge >= 0.3 is 0 Å². The third-order valence-electron chi connectivity index (χ3n) is 3.49. The Morgan fingerprint density at radius 3 is 2.64 bits per heavy atom. The molecule has 4 nitrogen and oxygen atoms in total. The number of unbranched alkanes of at least 4 members (excludes halogenated alkanes) is 3. The van der Waals surface area contributed by atoms with Crippen molar-refractivity contribution in [2.75, 3.05) is 6.54 Å². The van der Waals surface area contributed by atoms with Crippen LogP contribution in [-0.4, -0.2) is 26.1 Å². The third kappa shape index (κ3) is 6.48. The average Bonchev–Trinajstić information content (AvgIpc) is 2.45. The topological polar surface area (TPSA) is 63.2 Å². The number of carbonyl (C=O) groups excluding carboxylic acids is 1. The van der Waals surface area contributed by atoms with Crippen molar-refractivity contribution in [3.05, 3.63) is 34.3 Å². The highest BCUT2D eigenvalue weighted by Gasteiger charge is 2.27. The quantitative estimate of drug-likeness (QED) is 0.657. The van der Waals surface area contributed by atoms with Crippen molar-refractivity contribution in [3.8, 4) is 0 Å². The van der Waals surface area contributed by atoms with Crippen LogP contribution in [-0.2, 0) is 20.4 Å². The maximum atomic E-state index is 12.3. The van der Waals surface area contributed by atoms with E-state index in [4.69, 9.17) is 0 Å². The fourth-order valence-corrected chi connectivity index (χ4v) is 3.80. The molecule has 0 unspecified atom stereocenters. The van der Waals surface area contributed by atoms with E-state index in [9.17, 15) is 13.2 Å². The summed E-state index contributed by atoms with van der Waals surface area (Å²) in [5, 5.41) is 1.69. The Morgan fingerprint density at radius 2 is 2.00 bits per heavy atom. The molecule has 0 aliphatic rings. The van der Waals surface area contributed by atoms with Gasteiger partial charge in [-0.05, 0) is 31.0 Å². The van der Waals surface area contributed by atoms with Gasteiger partial charge in [0.1, 0.15) is 5.25 Å². The second kappa shape index (κ2) is 9.30. The fourth-order valence-electron chi connectivity index (χ4n) is 2.05. The van der Waals surface area contributed by atoms with Crippen LogP contribution in [0.1, 0.15) is 45.1 Å². The van der Waals surface area contributed by atoms with Crippen LogP contribution in [0.4, 0.5) is 0 Å². The molecule has 0 aliphatic heterocycles. The molecule has 1 aromatic carbocycles. The molecule has 1 atom stereocenters. The normalized spacial score (nSPS) is 12.9. The number of halogens is 1. The lowest BCUT2D eigenvalue weighted by Gasteiger charge is -2.13.